The fourth-order valence-corrected chi connectivity index (χ4v) is 2.30. The fraction of sp³-hybridized carbons (Fsp3) is 0.538. The van der Waals surface area contributed by atoms with Gasteiger partial charge in [-0.05, 0) is 43.4 Å². The molecule has 1 saturated heterocycles. The van der Waals surface area contributed by atoms with Crippen molar-refractivity contribution in [3.05, 3.63) is 34.9 Å². The van der Waals surface area contributed by atoms with Gasteiger partial charge in [0.15, 0.2) is 0 Å². The van der Waals surface area contributed by atoms with Gasteiger partial charge in [0.2, 0.25) is 0 Å². The summed E-state index contributed by atoms with van der Waals surface area (Å²) in [6, 6.07) is 8.09. The van der Waals surface area contributed by atoms with Crippen molar-refractivity contribution in [1.82, 2.24) is 0 Å². The van der Waals surface area contributed by atoms with Crippen LogP contribution in [0.25, 0.3) is 0 Å². The third-order valence-corrected chi connectivity index (χ3v) is 3.25. The summed E-state index contributed by atoms with van der Waals surface area (Å²) in [5.74, 6) is 0. The predicted molar refractivity (Wildman–Crippen MR) is 66.7 cm³/mol. The Labute approximate surface area is 102 Å². The number of nitrogens with two attached hydrogens (primary N) is 1. The van der Waals surface area contributed by atoms with E-state index in [0.29, 0.717) is 6.10 Å². The molecule has 2 nitrogen and oxygen atoms in total. The lowest BCUT2D eigenvalue weighted by Gasteiger charge is -2.16. The largest absolute Gasteiger partial charge is 0.378 e. The second-order valence-electron chi connectivity index (χ2n) is 4.46. The Bertz CT molecular complexity index is 319. The van der Waals surface area contributed by atoms with Crippen LogP contribution in [0, 0.1) is 0 Å². The molecule has 1 aromatic rings. The number of hydrogen-bond acceptors (Lipinski definition) is 2. The molecule has 0 amide bonds. The summed E-state index contributed by atoms with van der Waals surface area (Å²) in [4.78, 5) is 0. The molecule has 0 aromatic heterocycles. The second kappa shape index (κ2) is 5.67. The highest BCUT2D eigenvalue weighted by Gasteiger charge is 2.18. The number of ether oxygens (including phenoxy) is 1. The monoisotopic (exact) mass is 239 g/mol. The lowest BCUT2D eigenvalue weighted by Crippen LogP contribution is -2.28. The average molecular weight is 240 g/mol. The maximum Gasteiger partial charge on any atom is 0.0590 e. The summed E-state index contributed by atoms with van der Waals surface area (Å²) in [5.41, 5.74) is 7.36. The molecule has 1 heterocycles. The highest BCUT2D eigenvalue weighted by atomic mass is 35.5. The molecule has 2 N–H and O–H groups in total. The van der Waals surface area contributed by atoms with Crippen LogP contribution < -0.4 is 5.73 Å². The van der Waals surface area contributed by atoms with Crippen LogP contribution in [0.5, 0.6) is 0 Å². The molecule has 3 heteroatoms. The molecule has 2 atom stereocenters. The van der Waals surface area contributed by atoms with Gasteiger partial charge in [-0.2, -0.15) is 0 Å². The van der Waals surface area contributed by atoms with Crippen LogP contribution >= 0.6 is 11.6 Å². The van der Waals surface area contributed by atoms with Crippen LogP contribution in [0.4, 0.5) is 0 Å². The Hall–Kier alpha value is -0.570. The van der Waals surface area contributed by atoms with Gasteiger partial charge in [-0.15, -0.1) is 0 Å². The first-order valence-corrected chi connectivity index (χ1v) is 6.23. The molecule has 1 fully saturated rings. The summed E-state index contributed by atoms with van der Waals surface area (Å²) < 4.78 is 5.58. The van der Waals surface area contributed by atoms with Gasteiger partial charge >= 0.3 is 0 Å². The van der Waals surface area contributed by atoms with Crippen molar-refractivity contribution < 1.29 is 4.74 Å². The smallest absolute Gasteiger partial charge is 0.0590 e. The van der Waals surface area contributed by atoms with Crippen molar-refractivity contribution in [3.63, 3.8) is 0 Å². The summed E-state index contributed by atoms with van der Waals surface area (Å²) in [6.07, 6.45) is 4.58. The van der Waals surface area contributed by atoms with E-state index in [0.717, 1.165) is 30.9 Å². The molecule has 0 radical (unpaired) electrons. The summed E-state index contributed by atoms with van der Waals surface area (Å²) in [7, 11) is 0. The Morgan fingerprint density at radius 2 is 2.12 bits per heavy atom. The van der Waals surface area contributed by atoms with E-state index in [1.54, 1.807) is 0 Å². The van der Waals surface area contributed by atoms with Crippen LogP contribution in [-0.2, 0) is 11.2 Å². The lowest BCUT2D eigenvalue weighted by molar-refractivity contribution is 0.0983. The van der Waals surface area contributed by atoms with E-state index in [9.17, 15) is 0 Å². The van der Waals surface area contributed by atoms with Gasteiger partial charge in [0.05, 0.1) is 6.10 Å². The second-order valence-corrected chi connectivity index (χ2v) is 4.90. The van der Waals surface area contributed by atoms with Crippen molar-refractivity contribution >= 4 is 11.6 Å². The van der Waals surface area contributed by atoms with E-state index in [-0.39, 0.29) is 6.04 Å². The number of hydrogen-bond donors (Lipinski definition) is 1. The molecule has 0 spiro atoms. The van der Waals surface area contributed by atoms with E-state index in [1.165, 1.54) is 12.0 Å². The van der Waals surface area contributed by atoms with Crippen molar-refractivity contribution in [3.8, 4) is 0 Å². The molecule has 1 aliphatic heterocycles. The minimum Gasteiger partial charge on any atom is -0.378 e. The predicted octanol–water partition coefficient (Wildman–Crippen LogP) is 2.78. The first-order chi connectivity index (χ1) is 7.74. The fourth-order valence-electron chi connectivity index (χ4n) is 2.17. The molecule has 1 aliphatic rings. The maximum absolute atomic E-state index is 6.11. The highest BCUT2D eigenvalue weighted by Crippen LogP contribution is 2.18. The van der Waals surface area contributed by atoms with Crippen LogP contribution in [0.15, 0.2) is 24.3 Å². The number of benzene rings is 1. The Kier molecular flexibility index (Phi) is 4.22. The molecule has 2 rings (SSSR count). The zero-order valence-electron chi connectivity index (χ0n) is 9.36. The van der Waals surface area contributed by atoms with Gasteiger partial charge in [-0.1, -0.05) is 23.7 Å². The first-order valence-electron chi connectivity index (χ1n) is 5.85. The minimum atomic E-state index is 0.185. The van der Waals surface area contributed by atoms with Gasteiger partial charge in [-0.25, -0.2) is 0 Å². The molecular formula is C13H18ClNO. The van der Waals surface area contributed by atoms with Gasteiger partial charge < -0.3 is 10.5 Å². The zero-order valence-corrected chi connectivity index (χ0v) is 10.1. The van der Waals surface area contributed by atoms with Crippen LogP contribution in [0.1, 0.15) is 24.8 Å². The topological polar surface area (TPSA) is 35.2 Å². The van der Waals surface area contributed by atoms with Crippen molar-refractivity contribution in [2.75, 3.05) is 6.61 Å². The van der Waals surface area contributed by atoms with E-state index < -0.39 is 0 Å². The van der Waals surface area contributed by atoms with E-state index in [2.05, 4.69) is 0 Å². The van der Waals surface area contributed by atoms with Crippen molar-refractivity contribution in [2.24, 2.45) is 5.73 Å². The first kappa shape index (κ1) is 11.9. The molecule has 0 saturated carbocycles. The van der Waals surface area contributed by atoms with Crippen LogP contribution in [-0.4, -0.2) is 18.8 Å². The molecule has 88 valence electrons. The summed E-state index contributed by atoms with van der Waals surface area (Å²) >= 11 is 5.83. The van der Waals surface area contributed by atoms with Crippen molar-refractivity contribution in [2.45, 2.75) is 37.8 Å². The van der Waals surface area contributed by atoms with Gasteiger partial charge in [0.25, 0.3) is 0 Å². The SMILES string of the molecule is NC(Cc1ccc(Cl)cc1)CC1CCCO1. The van der Waals surface area contributed by atoms with Crippen molar-refractivity contribution in [1.29, 1.82) is 0 Å². The molecule has 0 aliphatic carbocycles. The molecular weight excluding hydrogens is 222 g/mol. The molecule has 2 unspecified atom stereocenters. The minimum absolute atomic E-state index is 0.185. The Balaban J connectivity index is 1.81. The molecule has 0 bridgehead atoms. The van der Waals surface area contributed by atoms with E-state index in [1.807, 2.05) is 24.3 Å². The van der Waals surface area contributed by atoms with Gasteiger partial charge in [0, 0.05) is 17.7 Å². The standard InChI is InChI=1S/C13H18ClNO/c14-11-5-3-10(4-6-11)8-12(15)9-13-2-1-7-16-13/h3-6,12-13H,1-2,7-9,15H2. The van der Waals surface area contributed by atoms with Gasteiger partial charge in [0.1, 0.15) is 0 Å². The third-order valence-electron chi connectivity index (χ3n) is 3.00. The zero-order chi connectivity index (χ0) is 11.4. The lowest BCUT2D eigenvalue weighted by atomic mass is 10.0. The maximum atomic E-state index is 6.11. The third kappa shape index (κ3) is 3.48. The Morgan fingerprint density at radius 1 is 1.38 bits per heavy atom. The van der Waals surface area contributed by atoms with Gasteiger partial charge in [-0.3, -0.25) is 0 Å². The quantitative estimate of drug-likeness (QED) is 0.877. The molecule has 1 aromatic carbocycles. The number of halogens is 1. The normalized spacial score (nSPS) is 22.2. The Morgan fingerprint density at radius 3 is 2.75 bits per heavy atom. The summed E-state index contributed by atoms with van der Waals surface area (Å²) in [6.45, 7) is 0.901. The highest BCUT2D eigenvalue weighted by molar-refractivity contribution is 6.30. The van der Waals surface area contributed by atoms with Crippen LogP contribution in [0.2, 0.25) is 5.02 Å². The van der Waals surface area contributed by atoms with Crippen LogP contribution in [0.3, 0.4) is 0 Å². The number of rotatable bonds is 4. The van der Waals surface area contributed by atoms with E-state index >= 15 is 0 Å². The summed E-state index contributed by atoms with van der Waals surface area (Å²) in [5, 5.41) is 0.774. The molecule has 16 heavy (non-hydrogen) atoms. The average Bonchev–Trinajstić information content (AvgIpc) is 2.74. The van der Waals surface area contributed by atoms with E-state index in [4.69, 9.17) is 22.1 Å².